The van der Waals surface area contributed by atoms with Gasteiger partial charge >= 0.3 is 5.97 Å². The molecule has 3 rings (SSSR count). The molecule has 0 aliphatic carbocycles. The Labute approximate surface area is 162 Å². The van der Waals surface area contributed by atoms with Gasteiger partial charge in [0.15, 0.2) is 19.0 Å². The van der Waals surface area contributed by atoms with Gasteiger partial charge in [0, 0.05) is 5.69 Å². The molecule has 28 heavy (non-hydrogen) atoms. The second-order valence-electron chi connectivity index (χ2n) is 6.14. The maximum absolute atomic E-state index is 12.0. The number of carbonyl (C=O) groups excluding carboxylic acids is 1. The first-order valence-electron chi connectivity index (χ1n) is 8.68. The van der Waals surface area contributed by atoms with Gasteiger partial charge in [0.25, 0.3) is 0 Å². The van der Waals surface area contributed by atoms with Gasteiger partial charge in [-0.05, 0) is 43.2 Å². The normalized spacial score (nSPS) is 10.4. The first-order valence-corrected chi connectivity index (χ1v) is 8.68. The number of hydrogen-bond acceptors (Lipinski definition) is 8. The number of nitrogens with zero attached hydrogens (tertiary/aromatic N) is 3. The second-order valence-corrected chi connectivity index (χ2v) is 6.14. The highest BCUT2D eigenvalue weighted by molar-refractivity contribution is 5.71. The molecular weight excluding hydrogens is 358 g/mol. The largest absolute Gasteiger partial charge is 0.482 e. The molecule has 2 aromatic carbocycles. The van der Waals surface area contributed by atoms with Crippen LogP contribution in [-0.4, -0.2) is 27.5 Å². The van der Waals surface area contributed by atoms with Gasteiger partial charge in [-0.1, -0.05) is 30.3 Å². The molecule has 0 bridgehead atoms. The number of ether oxygens (including phenoxy) is 2. The molecule has 0 spiro atoms. The Bertz CT molecular complexity index is 963. The van der Waals surface area contributed by atoms with E-state index in [9.17, 15) is 4.79 Å². The number of nitrogen functional groups attached to an aromatic ring is 1. The van der Waals surface area contributed by atoms with Crippen LogP contribution in [0.15, 0.2) is 48.5 Å². The molecule has 0 saturated carbocycles. The Morgan fingerprint density at radius 3 is 2.64 bits per heavy atom. The minimum absolute atomic E-state index is 0.0334. The van der Waals surface area contributed by atoms with E-state index in [1.54, 1.807) is 0 Å². The third kappa shape index (κ3) is 5.41. The Morgan fingerprint density at radius 2 is 1.86 bits per heavy atom. The minimum Gasteiger partial charge on any atom is -0.482 e. The van der Waals surface area contributed by atoms with Gasteiger partial charge in [0.05, 0.1) is 0 Å². The summed E-state index contributed by atoms with van der Waals surface area (Å²) in [5.74, 6) is 0.668. The number of para-hydroxylation sites is 1. The summed E-state index contributed by atoms with van der Waals surface area (Å²) < 4.78 is 10.7. The lowest BCUT2D eigenvalue weighted by Crippen LogP contribution is -2.17. The first kappa shape index (κ1) is 19.1. The highest BCUT2D eigenvalue weighted by Crippen LogP contribution is 2.19. The maximum Gasteiger partial charge on any atom is 0.344 e. The summed E-state index contributed by atoms with van der Waals surface area (Å²) in [5, 5.41) is 3.02. The van der Waals surface area contributed by atoms with E-state index < -0.39 is 5.97 Å². The zero-order valence-electron chi connectivity index (χ0n) is 15.7. The van der Waals surface area contributed by atoms with Crippen LogP contribution in [0.2, 0.25) is 0 Å². The quantitative estimate of drug-likeness (QED) is 0.603. The van der Waals surface area contributed by atoms with Crippen LogP contribution in [0.1, 0.15) is 17.0 Å². The highest BCUT2D eigenvalue weighted by atomic mass is 16.6. The second kappa shape index (κ2) is 8.81. The van der Waals surface area contributed by atoms with Crippen LogP contribution >= 0.6 is 0 Å². The van der Waals surface area contributed by atoms with Crippen molar-refractivity contribution in [1.29, 1.82) is 0 Å². The summed E-state index contributed by atoms with van der Waals surface area (Å²) in [5.41, 5.74) is 8.52. The molecule has 1 heterocycles. The van der Waals surface area contributed by atoms with Gasteiger partial charge in [-0.15, -0.1) is 0 Å². The number of aromatic nitrogens is 3. The molecule has 0 atom stereocenters. The summed E-state index contributed by atoms with van der Waals surface area (Å²) in [4.78, 5) is 24.2. The van der Waals surface area contributed by atoms with E-state index in [-0.39, 0.29) is 30.9 Å². The van der Waals surface area contributed by atoms with Crippen molar-refractivity contribution in [3.05, 3.63) is 65.5 Å². The van der Waals surface area contributed by atoms with Crippen molar-refractivity contribution in [2.75, 3.05) is 17.7 Å². The smallest absolute Gasteiger partial charge is 0.344 e. The van der Waals surface area contributed by atoms with Crippen LogP contribution in [0.3, 0.4) is 0 Å². The van der Waals surface area contributed by atoms with E-state index in [0.29, 0.717) is 5.75 Å². The van der Waals surface area contributed by atoms with Crippen LogP contribution in [0.4, 0.5) is 17.6 Å². The Morgan fingerprint density at radius 1 is 1.07 bits per heavy atom. The molecule has 0 amide bonds. The molecule has 0 saturated heterocycles. The predicted molar refractivity (Wildman–Crippen MR) is 105 cm³/mol. The van der Waals surface area contributed by atoms with Crippen LogP contribution in [0.5, 0.6) is 5.75 Å². The van der Waals surface area contributed by atoms with Crippen molar-refractivity contribution in [2.24, 2.45) is 0 Å². The average Bonchev–Trinajstić information content (AvgIpc) is 2.67. The third-order valence-corrected chi connectivity index (χ3v) is 3.78. The Kier molecular flexibility index (Phi) is 6.01. The molecule has 0 unspecified atom stereocenters. The molecule has 0 aliphatic rings. The molecule has 144 valence electrons. The van der Waals surface area contributed by atoms with Gasteiger partial charge in [0.1, 0.15) is 5.75 Å². The topological polar surface area (TPSA) is 112 Å². The molecule has 0 fully saturated rings. The number of benzene rings is 2. The summed E-state index contributed by atoms with van der Waals surface area (Å²) in [7, 11) is 0. The number of nitrogens with two attached hydrogens (primary N) is 1. The number of rotatable bonds is 7. The van der Waals surface area contributed by atoms with Crippen molar-refractivity contribution in [3.8, 4) is 5.75 Å². The number of aryl methyl sites for hydroxylation is 2. The van der Waals surface area contributed by atoms with Crippen molar-refractivity contribution in [1.82, 2.24) is 15.0 Å². The SMILES string of the molecule is Cc1ccc(C)c(OCC(=O)OCc2nc(N)nc(Nc3ccccc3)n2)c1. The number of nitrogens with one attached hydrogen (secondary N) is 1. The van der Waals surface area contributed by atoms with E-state index >= 15 is 0 Å². The minimum atomic E-state index is -0.530. The van der Waals surface area contributed by atoms with E-state index in [2.05, 4.69) is 20.3 Å². The van der Waals surface area contributed by atoms with E-state index in [4.69, 9.17) is 15.2 Å². The molecule has 8 nitrogen and oxygen atoms in total. The molecular formula is C20H21N5O3. The predicted octanol–water partition coefficient (Wildman–Crippen LogP) is 2.94. The fraction of sp³-hybridized carbons (Fsp3) is 0.200. The van der Waals surface area contributed by atoms with Crippen LogP contribution in [0, 0.1) is 13.8 Å². The van der Waals surface area contributed by atoms with E-state index in [1.165, 1.54) is 0 Å². The van der Waals surface area contributed by atoms with Gasteiger partial charge in [-0.2, -0.15) is 15.0 Å². The lowest BCUT2D eigenvalue weighted by molar-refractivity contribution is -0.147. The number of carbonyl (C=O) groups is 1. The van der Waals surface area contributed by atoms with Crippen molar-refractivity contribution < 1.29 is 14.3 Å². The van der Waals surface area contributed by atoms with Gasteiger partial charge < -0.3 is 20.5 Å². The maximum atomic E-state index is 12.0. The van der Waals surface area contributed by atoms with Crippen LogP contribution in [-0.2, 0) is 16.1 Å². The first-order chi connectivity index (χ1) is 13.5. The average molecular weight is 379 g/mol. The Balaban J connectivity index is 1.56. The molecule has 3 aromatic rings. The summed E-state index contributed by atoms with van der Waals surface area (Å²) in [6.07, 6.45) is 0. The van der Waals surface area contributed by atoms with Gasteiger partial charge in [0.2, 0.25) is 11.9 Å². The lowest BCUT2D eigenvalue weighted by Gasteiger charge is -2.10. The van der Waals surface area contributed by atoms with E-state index in [1.807, 2.05) is 62.4 Å². The Hall–Kier alpha value is -3.68. The van der Waals surface area contributed by atoms with E-state index in [0.717, 1.165) is 16.8 Å². The zero-order valence-corrected chi connectivity index (χ0v) is 15.7. The fourth-order valence-electron chi connectivity index (χ4n) is 2.40. The molecule has 0 radical (unpaired) electrons. The number of esters is 1. The van der Waals surface area contributed by atoms with Crippen LogP contribution < -0.4 is 15.8 Å². The van der Waals surface area contributed by atoms with Crippen molar-refractivity contribution in [2.45, 2.75) is 20.5 Å². The van der Waals surface area contributed by atoms with Crippen molar-refractivity contribution >= 4 is 23.6 Å². The third-order valence-electron chi connectivity index (χ3n) is 3.78. The molecule has 1 aromatic heterocycles. The van der Waals surface area contributed by atoms with Gasteiger partial charge in [-0.3, -0.25) is 0 Å². The van der Waals surface area contributed by atoms with Crippen LogP contribution in [0.25, 0.3) is 0 Å². The number of anilines is 3. The van der Waals surface area contributed by atoms with Crippen molar-refractivity contribution in [3.63, 3.8) is 0 Å². The summed E-state index contributed by atoms with van der Waals surface area (Å²) >= 11 is 0. The lowest BCUT2D eigenvalue weighted by atomic mass is 10.1. The number of hydrogen-bond donors (Lipinski definition) is 2. The standard InChI is InChI=1S/C20H21N5O3/c1-13-8-9-14(2)16(10-13)27-12-18(26)28-11-17-23-19(21)25-20(24-17)22-15-6-4-3-5-7-15/h3-10H,11-12H2,1-2H3,(H3,21,22,23,24,25). The highest BCUT2D eigenvalue weighted by Gasteiger charge is 2.10. The summed E-state index contributed by atoms with van der Waals surface area (Å²) in [6, 6.07) is 15.2. The summed E-state index contributed by atoms with van der Waals surface area (Å²) in [6.45, 7) is 3.52. The monoisotopic (exact) mass is 379 g/mol. The van der Waals surface area contributed by atoms with Gasteiger partial charge in [-0.25, -0.2) is 4.79 Å². The molecule has 0 aliphatic heterocycles. The molecule has 3 N–H and O–H groups in total. The fourth-order valence-corrected chi connectivity index (χ4v) is 2.40. The molecule has 8 heteroatoms. The zero-order chi connectivity index (χ0) is 19.9.